The van der Waals surface area contributed by atoms with Gasteiger partial charge in [0.25, 0.3) is 6.43 Å². The molecule has 74 valence electrons. The molecule has 0 unspecified atom stereocenters. The number of rotatable bonds is 2. The first-order chi connectivity index (χ1) is 6.57. The predicted molar refractivity (Wildman–Crippen MR) is 50.9 cm³/mol. The van der Waals surface area contributed by atoms with E-state index in [-0.39, 0.29) is 16.6 Å². The second kappa shape index (κ2) is 4.47. The maximum atomic E-state index is 12.6. The van der Waals surface area contributed by atoms with Crippen LogP contribution in [0.4, 0.5) is 8.78 Å². The van der Waals surface area contributed by atoms with Crippen LogP contribution >= 0.6 is 15.9 Å². The highest BCUT2D eigenvalue weighted by molar-refractivity contribution is 9.10. The maximum absolute atomic E-state index is 12.6. The minimum Gasteiger partial charge on any atom is -0.249 e. The molecular weight excluding hydrogens is 254 g/mol. The first-order valence-electron chi connectivity index (χ1n) is 3.87. The fraction of sp³-hybridized carbons (Fsp3) is 0.333. The highest BCUT2D eigenvalue weighted by Crippen LogP contribution is 2.30. The summed E-state index contributed by atoms with van der Waals surface area (Å²) in [5, 5.41) is 8.51. The molecule has 0 radical (unpaired) electrons. The summed E-state index contributed by atoms with van der Waals surface area (Å²) in [6.45, 7) is 1.66. The molecule has 0 fully saturated rings. The fourth-order valence-electron chi connectivity index (χ4n) is 1.17. The Hall–Kier alpha value is -1.02. The molecule has 1 aromatic rings. The first-order valence-corrected chi connectivity index (χ1v) is 4.66. The largest absolute Gasteiger partial charge is 0.266 e. The molecule has 0 aromatic carbocycles. The molecule has 14 heavy (non-hydrogen) atoms. The Morgan fingerprint density at radius 1 is 1.64 bits per heavy atom. The van der Waals surface area contributed by atoms with Gasteiger partial charge < -0.3 is 0 Å². The first kappa shape index (κ1) is 11.1. The second-order valence-electron chi connectivity index (χ2n) is 2.76. The summed E-state index contributed by atoms with van der Waals surface area (Å²) in [5.41, 5.74) is 0.806. The van der Waals surface area contributed by atoms with E-state index in [0.717, 1.165) is 0 Å². The molecule has 0 saturated heterocycles. The van der Waals surface area contributed by atoms with E-state index < -0.39 is 6.43 Å². The van der Waals surface area contributed by atoms with Crippen LogP contribution in [0.1, 0.15) is 23.1 Å². The number of aryl methyl sites for hydroxylation is 1. The van der Waals surface area contributed by atoms with Gasteiger partial charge in [0.05, 0.1) is 18.1 Å². The number of pyridine rings is 1. The summed E-state index contributed by atoms with van der Waals surface area (Å²) >= 11 is 2.95. The molecule has 0 spiro atoms. The normalized spacial score (nSPS) is 10.3. The van der Waals surface area contributed by atoms with Crippen LogP contribution in [0.5, 0.6) is 0 Å². The number of alkyl halides is 2. The number of halogens is 3. The lowest BCUT2D eigenvalue weighted by atomic mass is 10.0. The highest BCUT2D eigenvalue weighted by atomic mass is 79.9. The smallest absolute Gasteiger partial charge is 0.249 e. The molecule has 0 aliphatic heterocycles. The van der Waals surface area contributed by atoms with Crippen molar-refractivity contribution in [1.82, 2.24) is 4.98 Å². The average Bonchev–Trinajstić information content (AvgIpc) is 2.11. The third-order valence-corrected chi connectivity index (χ3v) is 2.50. The summed E-state index contributed by atoms with van der Waals surface area (Å²) in [6.07, 6.45) is -1.16. The lowest BCUT2D eigenvalue weighted by molar-refractivity contribution is 0.149. The van der Waals surface area contributed by atoms with Crippen molar-refractivity contribution in [1.29, 1.82) is 5.26 Å². The molecule has 1 aromatic heterocycles. The van der Waals surface area contributed by atoms with Crippen molar-refractivity contribution in [2.75, 3.05) is 0 Å². The van der Waals surface area contributed by atoms with E-state index in [2.05, 4.69) is 20.9 Å². The topological polar surface area (TPSA) is 36.7 Å². The zero-order valence-electron chi connectivity index (χ0n) is 7.39. The standard InChI is InChI=1S/C9H7BrF2N2/c1-5-4-14-8(10)7(9(11)12)6(5)2-3-13/h4,9H,2H2,1H3. The maximum Gasteiger partial charge on any atom is 0.266 e. The predicted octanol–water partition coefficient (Wildman–Crippen LogP) is 3.16. The molecule has 0 N–H and O–H groups in total. The van der Waals surface area contributed by atoms with Crippen molar-refractivity contribution >= 4 is 15.9 Å². The Morgan fingerprint density at radius 3 is 2.79 bits per heavy atom. The van der Waals surface area contributed by atoms with E-state index in [4.69, 9.17) is 5.26 Å². The monoisotopic (exact) mass is 260 g/mol. The lowest BCUT2D eigenvalue weighted by Gasteiger charge is -2.10. The molecule has 0 atom stereocenters. The van der Waals surface area contributed by atoms with Gasteiger partial charge in [-0.25, -0.2) is 13.8 Å². The Kier molecular flexibility index (Phi) is 3.53. The van der Waals surface area contributed by atoms with Gasteiger partial charge in [-0.15, -0.1) is 0 Å². The molecule has 0 aliphatic rings. The van der Waals surface area contributed by atoms with E-state index in [1.54, 1.807) is 6.92 Å². The van der Waals surface area contributed by atoms with Gasteiger partial charge in [0, 0.05) is 6.20 Å². The van der Waals surface area contributed by atoms with Gasteiger partial charge in [-0.05, 0) is 34.0 Å². The Balaban J connectivity index is 3.35. The third kappa shape index (κ3) is 2.07. The number of nitrogens with zero attached hydrogens (tertiary/aromatic N) is 2. The van der Waals surface area contributed by atoms with E-state index in [1.165, 1.54) is 6.20 Å². The zero-order chi connectivity index (χ0) is 10.7. The van der Waals surface area contributed by atoms with E-state index >= 15 is 0 Å². The van der Waals surface area contributed by atoms with Gasteiger partial charge in [0.2, 0.25) is 0 Å². The number of nitriles is 1. The lowest BCUT2D eigenvalue weighted by Crippen LogP contribution is -2.00. The van der Waals surface area contributed by atoms with Crippen LogP contribution in [0.15, 0.2) is 10.8 Å². The van der Waals surface area contributed by atoms with Crippen LogP contribution in [0, 0.1) is 18.3 Å². The van der Waals surface area contributed by atoms with Crippen molar-refractivity contribution in [3.8, 4) is 6.07 Å². The van der Waals surface area contributed by atoms with Gasteiger partial charge >= 0.3 is 0 Å². The van der Waals surface area contributed by atoms with Gasteiger partial charge in [0.1, 0.15) is 4.60 Å². The second-order valence-corrected chi connectivity index (χ2v) is 3.51. The summed E-state index contributed by atoms with van der Waals surface area (Å²) in [5.74, 6) is 0. The van der Waals surface area contributed by atoms with Crippen LogP contribution in [0.25, 0.3) is 0 Å². The molecule has 1 rings (SSSR count). The SMILES string of the molecule is Cc1cnc(Br)c(C(F)F)c1CC#N. The zero-order valence-corrected chi connectivity index (χ0v) is 8.98. The highest BCUT2D eigenvalue weighted by Gasteiger charge is 2.19. The molecule has 5 heteroatoms. The molecule has 0 bridgehead atoms. The molecular formula is C9H7BrF2N2. The molecule has 0 saturated carbocycles. The summed E-state index contributed by atoms with van der Waals surface area (Å²) in [7, 11) is 0. The van der Waals surface area contributed by atoms with Gasteiger partial charge in [0.15, 0.2) is 0 Å². The van der Waals surface area contributed by atoms with Crippen LogP contribution in [-0.2, 0) is 6.42 Å². The minimum absolute atomic E-state index is 0.0212. The molecule has 0 aliphatic carbocycles. The number of hydrogen-bond donors (Lipinski definition) is 0. The van der Waals surface area contributed by atoms with Gasteiger partial charge in [-0.2, -0.15) is 5.26 Å². The van der Waals surface area contributed by atoms with Gasteiger partial charge in [-0.1, -0.05) is 0 Å². The quantitative estimate of drug-likeness (QED) is 0.766. The Bertz CT molecular complexity index is 385. The number of hydrogen-bond acceptors (Lipinski definition) is 2. The summed E-state index contributed by atoms with van der Waals surface area (Å²) in [6, 6.07) is 1.87. The Labute approximate surface area is 88.7 Å². The van der Waals surface area contributed by atoms with Gasteiger partial charge in [-0.3, -0.25) is 0 Å². The van der Waals surface area contributed by atoms with E-state index in [1.807, 2.05) is 6.07 Å². The minimum atomic E-state index is -2.61. The van der Waals surface area contributed by atoms with Crippen molar-refractivity contribution in [3.63, 3.8) is 0 Å². The van der Waals surface area contributed by atoms with E-state index in [9.17, 15) is 8.78 Å². The van der Waals surface area contributed by atoms with Crippen molar-refractivity contribution < 1.29 is 8.78 Å². The number of aromatic nitrogens is 1. The Morgan fingerprint density at radius 2 is 2.29 bits per heavy atom. The fourth-order valence-corrected chi connectivity index (χ4v) is 1.69. The molecule has 2 nitrogen and oxygen atoms in total. The van der Waals surface area contributed by atoms with Crippen molar-refractivity contribution in [2.45, 2.75) is 19.8 Å². The average molecular weight is 261 g/mol. The van der Waals surface area contributed by atoms with Crippen LogP contribution in [0.3, 0.4) is 0 Å². The summed E-state index contributed by atoms with van der Waals surface area (Å²) in [4.78, 5) is 3.77. The van der Waals surface area contributed by atoms with Crippen LogP contribution in [0.2, 0.25) is 0 Å². The van der Waals surface area contributed by atoms with Crippen molar-refractivity contribution in [2.24, 2.45) is 0 Å². The van der Waals surface area contributed by atoms with Crippen LogP contribution in [-0.4, -0.2) is 4.98 Å². The molecule has 0 amide bonds. The van der Waals surface area contributed by atoms with Crippen molar-refractivity contribution in [3.05, 3.63) is 27.5 Å². The van der Waals surface area contributed by atoms with E-state index in [0.29, 0.717) is 11.1 Å². The third-order valence-electron chi connectivity index (χ3n) is 1.87. The summed E-state index contributed by atoms with van der Waals surface area (Å²) < 4.78 is 25.3. The van der Waals surface area contributed by atoms with Crippen LogP contribution < -0.4 is 0 Å². The molecule has 1 heterocycles.